The monoisotopic (exact) mass is 305 g/mol. The summed E-state index contributed by atoms with van der Waals surface area (Å²) in [5.41, 5.74) is 0.342. The number of hydrogen-bond donors (Lipinski definition) is 1. The predicted octanol–water partition coefficient (Wildman–Crippen LogP) is 2.02. The van der Waals surface area contributed by atoms with Gasteiger partial charge in [0.15, 0.2) is 18.1 Å². The summed E-state index contributed by atoms with van der Waals surface area (Å²) in [7, 11) is 0. The molecule has 1 amide bonds. The van der Waals surface area contributed by atoms with Crippen LogP contribution in [0.25, 0.3) is 0 Å². The Kier molecular flexibility index (Phi) is 4.46. The van der Waals surface area contributed by atoms with E-state index >= 15 is 0 Å². The Morgan fingerprint density at radius 1 is 1.14 bits per heavy atom. The molecule has 22 heavy (non-hydrogen) atoms. The summed E-state index contributed by atoms with van der Waals surface area (Å²) in [6.07, 6.45) is 5.51. The summed E-state index contributed by atoms with van der Waals surface area (Å²) in [6, 6.07) is 5.02. The van der Waals surface area contributed by atoms with Crippen LogP contribution in [0.15, 0.2) is 18.2 Å². The summed E-state index contributed by atoms with van der Waals surface area (Å²) >= 11 is 0. The van der Waals surface area contributed by atoms with Crippen molar-refractivity contribution in [2.24, 2.45) is 0 Å². The van der Waals surface area contributed by atoms with Gasteiger partial charge in [-0.1, -0.05) is 19.3 Å². The van der Waals surface area contributed by atoms with E-state index < -0.39 is 5.97 Å². The van der Waals surface area contributed by atoms with Crippen molar-refractivity contribution in [3.63, 3.8) is 0 Å². The highest BCUT2D eigenvalue weighted by Gasteiger charge is 2.19. The lowest BCUT2D eigenvalue weighted by Crippen LogP contribution is -2.38. The summed E-state index contributed by atoms with van der Waals surface area (Å²) in [5, 5.41) is 2.91. The highest BCUT2D eigenvalue weighted by atomic mass is 16.7. The average molecular weight is 305 g/mol. The van der Waals surface area contributed by atoms with Crippen molar-refractivity contribution < 1.29 is 23.8 Å². The standard InChI is InChI=1S/C16H19NO5/c18-15(17-12-4-2-1-3-5-12)9-20-16(19)11-6-7-13-14(8-11)22-10-21-13/h6-8,12H,1-5,9-10H2,(H,17,18). The van der Waals surface area contributed by atoms with E-state index in [2.05, 4.69) is 5.32 Å². The van der Waals surface area contributed by atoms with E-state index in [4.69, 9.17) is 14.2 Å². The summed E-state index contributed by atoms with van der Waals surface area (Å²) < 4.78 is 15.4. The molecular weight excluding hydrogens is 286 g/mol. The van der Waals surface area contributed by atoms with E-state index in [1.54, 1.807) is 18.2 Å². The van der Waals surface area contributed by atoms with Gasteiger partial charge in [0.25, 0.3) is 5.91 Å². The van der Waals surface area contributed by atoms with Crippen LogP contribution in [-0.4, -0.2) is 31.3 Å². The van der Waals surface area contributed by atoms with Gasteiger partial charge in [0.05, 0.1) is 5.56 Å². The second kappa shape index (κ2) is 6.68. The fourth-order valence-corrected chi connectivity index (χ4v) is 2.75. The van der Waals surface area contributed by atoms with E-state index in [1.165, 1.54) is 6.42 Å². The fraction of sp³-hybridized carbons (Fsp3) is 0.500. The van der Waals surface area contributed by atoms with Gasteiger partial charge in [0.1, 0.15) is 0 Å². The smallest absolute Gasteiger partial charge is 0.338 e. The van der Waals surface area contributed by atoms with E-state index in [1.807, 2.05) is 0 Å². The van der Waals surface area contributed by atoms with Crippen LogP contribution in [0.3, 0.4) is 0 Å². The van der Waals surface area contributed by atoms with Crippen molar-refractivity contribution >= 4 is 11.9 Å². The Balaban J connectivity index is 1.48. The van der Waals surface area contributed by atoms with Crippen LogP contribution in [0, 0.1) is 0 Å². The van der Waals surface area contributed by atoms with Gasteiger partial charge in [-0.25, -0.2) is 4.79 Å². The molecule has 2 aliphatic rings. The van der Waals surface area contributed by atoms with Crippen LogP contribution < -0.4 is 14.8 Å². The molecule has 6 heteroatoms. The first kappa shape index (κ1) is 14.7. The molecule has 1 fully saturated rings. The molecule has 1 aliphatic carbocycles. The number of carbonyl (C=O) groups excluding carboxylic acids is 2. The molecule has 1 aromatic rings. The first-order valence-electron chi connectivity index (χ1n) is 7.58. The van der Waals surface area contributed by atoms with Crippen molar-refractivity contribution in [1.29, 1.82) is 0 Å². The highest BCUT2D eigenvalue weighted by Crippen LogP contribution is 2.32. The molecule has 1 N–H and O–H groups in total. The fourth-order valence-electron chi connectivity index (χ4n) is 2.75. The first-order chi connectivity index (χ1) is 10.7. The zero-order chi connectivity index (χ0) is 15.4. The number of ether oxygens (including phenoxy) is 3. The minimum Gasteiger partial charge on any atom is -0.454 e. The summed E-state index contributed by atoms with van der Waals surface area (Å²) in [5.74, 6) is 0.325. The Morgan fingerprint density at radius 2 is 1.91 bits per heavy atom. The van der Waals surface area contributed by atoms with Gasteiger partial charge in [0, 0.05) is 6.04 Å². The van der Waals surface area contributed by atoms with Crippen molar-refractivity contribution in [3.8, 4) is 11.5 Å². The minimum atomic E-state index is -0.544. The van der Waals surface area contributed by atoms with Gasteiger partial charge in [-0.3, -0.25) is 4.79 Å². The Morgan fingerprint density at radius 3 is 2.73 bits per heavy atom. The zero-order valence-electron chi connectivity index (χ0n) is 12.3. The Labute approximate surface area is 128 Å². The lowest BCUT2D eigenvalue weighted by molar-refractivity contribution is -0.125. The Hall–Kier alpha value is -2.24. The molecular formula is C16H19NO5. The molecule has 0 aromatic heterocycles. The molecule has 1 saturated carbocycles. The van der Waals surface area contributed by atoms with E-state index in [-0.39, 0.29) is 25.3 Å². The number of nitrogens with one attached hydrogen (secondary N) is 1. The van der Waals surface area contributed by atoms with E-state index in [0.717, 1.165) is 25.7 Å². The van der Waals surface area contributed by atoms with Crippen LogP contribution in [0.1, 0.15) is 42.5 Å². The van der Waals surface area contributed by atoms with Crippen molar-refractivity contribution in [2.75, 3.05) is 13.4 Å². The molecule has 0 atom stereocenters. The van der Waals surface area contributed by atoms with Crippen LogP contribution in [0.4, 0.5) is 0 Å². The molecule has 3 rings (SSSR count). The van der Waals surface area contributed by atoms with Crippen LogP contribution in [-0.2, 0) is 9.53 Å². The van der Waals surface area contributed by atoms with E-state index in [0.29, 0.717) is 17.1 Å². The summed E-state index contributed by atoms with van der Waals surface area (Å²) in [6.45, 7) is -0.110. The number of hydrogen-bond acceptors (Lipinski definition) is 5. The third-order valence-corrected chi connectivity index (χ3v) is 3.91. The van der Waals surface area contributed by atoms with Crippen molar-refractivity contribution in [1.82, 2.24) is 5.32 Å². The van der Waals surface area contributed by atoms with Gasteiger partial charge < -0.3 is 19.5 Å². The molecule has 0 spiro atoms. The molecule has 118 valence electrons. The molecule has 1 heterocycles. The quantitative estimate of drug-likeness (QED) is 0.862. The Bertz CT molecular complexity index is 566. The van der Waals surface area contributed by atoms with Gasteiger partial charge in [0.2, 0.25) is 6.79 Å². The van der Waals surface area contributed by atoms with Crippen LogP contribution in [0.2, 0.25) is 0 Å². The highest BCUT2D eigenvalue weighted by molar-refractivity contribution is 5.92. The summed E-state index contributed by atoms with van der Waals surface area (Å²) in [4.78, 5) is 23.7. The molecule has 0 bridgehead atoms. The number of fused-ring (bicyclic) bond motifs is 1. The largest absolute Gasteiger partial charge is 0.454 e. The third-order valence-electron chi connectivity index (χ3n) is 3.91. The van der Waals surface area contributed by atoms with Crippen molar-refractivity contribution in [3.05, 3.63) is 23.8 Å². The van der Waals surface area contributed by atoms with Gasteiger partial charge >= 0.3 is 5.97 Å². The maximum atomic E-state index is 11.9. The lowest BCUT2D eigenvalue weighted by atomic mass is 9.95. The van der Waals surface area contributed by atoms with Crippen LogP contribution in [0.5, 0.6) is 11.5 Å². The number of esters is 1. The zero-order valence-corrected chi connectivity index (χ0v) is 12.3. The predicted molar refractivity (Wildman–Crippen MR) is 77.9 cm³/mol. The SMILES string of the molecule is O=C(COC(=O)c1ccc2c(c1)OCO2)NC1CCCCC1. The number of carbonyl (C=O) groups is 2. The van der Waals surface area contributed by atoms with Gasteiger partial charge in [-0.05, 0) is 31.0 Å². The second-order valence-electron chi connectivity index (χ2n) is 5.55. The molecule has 6 nitrogen and oxygen atoms in total. The normalized spacial score (nSPS) is 17.1. The maximum absolute atomic E-state index is 11.9. The molecule has 0 radical (unpaired) electrons. The topological polar surface area (TPSA) is 73.9 Å². The molecule has 0 saturated heterocycles. The minimum absolute atomic E-state index is 0.150. The first-order valence-corrected chi connectivity index (χ1v) is 7.58. The van der Waals surface area contributed by atoms with Crippen molar-refractivity contribution in [2.45, 2.75) is 38.1 Å². The molecule has 0 unspecified atom stereocenters. The number of rotatable bonds is 4. The lowest BCUT2D eigenvalue weighted by Gasteiger charge is -2.22. The second-order valence-corrected chi connectivity index (χ2v) is 5.55. The third kappa shape index (κ3) is 3.50. The number of benzene rings is 1. The maximum Gasteiger partial charge on any atom is 0.338 e. The average Bonchev–Trinajstić information content (AvgIpc) is 3.01. The number of amides is 1. The van der Waals surface area contributed by atoms with Gasteiger partial charge in [-0.2, -0.15) is 0 Å². The molecule has 1 aliphatic heterocycles. The van der Waals surface area contributed by atoms with Crippen LogP contribution >= 0.6 is 0 Å². The molecule has 1 aromatic carbocycles. The van der Waals surface area contributed by atoms with Gasteiger partial charge in [-0.15, -0.1) is 0 Å². The van der Waals surface area contributed by atoms with E-state index in [9.17, 15) is 9.59 Å².